The molecule has 0 aromatic rings. The number of likely N-dealkylation sites (tertiary alicyclic amines) is 1. The molecule has 0 aliphatic carbocycles. The number of carbonyl (C=O) groups is 2. The third-order valence-electron chi connectivity index (χ3n) is 3.45. The average Bonchev–Trinajstić information content (AvgIpc) is 2.80. The summed E-state index contributed by atoms with van der Waals surface area (Å²) in [6, 6.07) is -0.630. The fraction of sp³-hybridized carbons (Fsp3) is 0.818. The maximum Gasteiger partial charge on any atom is 0.406 e. The Labute approximate surface area is 114 Å². The van der Waals surface area contributed by atoms with Crippen molar-refractivity contribution >= 4 is 12.0 Å². The lowest BCUT2D eigenvalue weighted by atomic mass is 9.86. The van der Waals surface area contributed by atoms with Gasteiger partial charge >= 0.3 is 18.2 Å². The predicted octanol–water partition coefficient (Wildman–Crippen LogP) is 1.02. The Hall–Kier alpha value is -1.51. The SMILES string of the molecule is COCCN(C)C(=O)N1CCC(C(=O)O)(C(F)(F)F)C1. The van der Waals surface area contributed by atoms with E-state index in [-0.39, 0.29) is 19.7 Å². The minimum Gasteiger partial charge on any atom is -0.481 e. The number of amides is 2. The van der Waals surface area contributed by atoms with Gasteiger partial charge in [-0.05, 0) is 6.42 Å². The summed E-state index contributed by atoms with van der Waals surface area (Å²) < 4.78 is 43.6. The summed E-state index contributed by atoms with van der Waals surface area (Å²) in [6.45, 7) is -0.624. The van der Waals surface area contributed by atoms with Crippen LogP contribution in [0.2, 0.25) is 0 Å². The number of methoxy groups -OCH3 is 1. The molecule has 0 bridgehead atoms. The van der Waals surface area contributed by atoms with Gasteiger partial charge < -0.3 is 19.6 Å². The Kier molecular flexibility index (Phi) is 4.85. The average molecular weight is 298 g/mol. The molecule has 1 saturated heterocycles. The highest BCUT2D eigenvalue weighted by Gasteiger charge is 2.64. The van der Waals surface area contributed by atoms with E-state index in [1.165, 1.54) is 19.1 Å². The highest BCUT2D eigenvalue weighted by molar-refractivity contribution is 5.80. The molecule has 20 heavy (non-hydrogen) atoms. The van der Waals surface area contributed by atoms with E-state index in [2.05, 4.69) is 0 Å². The van der Waals surface area contributed by atoms with Crippen LogP contribution < -0.4 is 0 Å². The lowest BCUT2D eigenvalue weighted by Crippen LogP contribution is -2.49. The summed E-state index contributed by atoms with van der Waals surface area (Å²) in [5.41, 5.74) is -2.87. The lowest BCUT2D eigenvalue weighted by molar-refractivity contribution is -0.227. The van der Waals surface area contributed by atoms with Gasteiger partial charge in [-0.25, -0.2) is 4.79 Å². The van der Waals surface area contributed by atoms with Crippen LogP contribution in [-0.4, -0.2) is 73.5 Å². The number of nitrogens with zero attached hydrogens (tertiary/aromatic N) is 2. The molecule has 1 aliphatic rings. The first-order chi connectivity index (χ1) is 9.15. The van der Waals surface area contributed by atoms with E-state index >= 15 is 0 Å². The summed E-state index contributed by atoms with van der Waals surface area (Å²) in [4.78, 5) is 25.0. The second kappa shape index (κ2) is 5.86. The van der Waals surface area contributed by atoms with Crippen molar-refractivity contribution in [3.8, 4) is 0 Å². The number of alkyl halides is 3. The number of ether oxygens (including phenoxy) is 1. The fourth-order valence-corrected chi connectivity index (χ4v) is 2.07. The number of rotatable bonds is 4. The number of carboxylic acid groups (broad SMARTS) is 1. The molecule has 1 aliphatic heterocycles. The quantitative estimate of drug-likeness (QED) is 0.841. The smallest absolute Gasteiger partial charge is 0.406 e. The van der Waals surface area contributed by atoms with Crippen molar-refractivity contribution in [2.45, 2.75) is 12.6 Å². The predicted molar refractivity (Wildman–Crippen MR) is 62.2 cm³/mol. The van der Waals surface area contributed by atoms with Crippen molar-refractivity contribution in [3.63, 3.8) is 0 Å². The molecule has 6 nitrogen and oxygen atoms in total. The number of hydrogen-bond acceptors (Lipinski definition) is 3. The van der Waals surface area contributed by atoms with E-state index in [1.54, 1.807) is 0 Å². The standard InChI is InChI=1S/C11H17F3N2O4/c1-15(5-6-20-2)9(19)16-4-3-10(7-16,8(17)18)11(12,13)14/h3-7H2,1-2H3,(H,17,18). The largest absolute Gasteiger partial charge is 0.481 e. The second-order valence-electron chi connectivity index (χ2n) is 4.75. The Bertz CT molecular complexity index is 388. The van der Waals surface area contributed by atoms with Crippen LogP contribution in [0.4, 0.5) is 18.0 Å². The van der Waals surface area contributed by atoms with E-state index < -0.39 is 36.6 Å². The van der Waals surface area contributed by atoms with E-state index in [9.17, 15) is 22.8 Å². The van der Waals surface area contributed by atoms with Gasteiger partial charge in [-0.3, -0.25) is 4.79 Å². The molecular weight excluding hydrogens is 281 g/mol. The zero-order valence-electron chi connectivity index (χ0n) is 11.2. The third kappa shape index (κ3) is 2.97. The molecule has 0 aromatic heterocycles. The number of likely N-dealkylation sites (N-methyl/N-ethyl adjacent to an activating group) is 1. The van der Waals surface area contributed by atoms with E-state index in [4.69, 9.17) is 9.84 Å². The molecule has 1 N–H and O–H groups in total. The molecule has 0 radical (unpaired) electrons. The molecule has 1 rings (SSSR count). The molecule has 2 amide bonds. The van der Waals surface area contributed by atoms with Gasteiger partial charge in [0.15, 0.2) is 5.41 Å². The van der Waals surface area contributed by atoms with Crippen molar-refractivity contribution in [1.82, 2.24) is 9.80 Å². The van der Waals surface area contributed by atoms with E-state index in [0.29, 0.717) is 0 Å². The summed E-state index contributed by atoms with van der Waals surface area (Å²) >= 11 is 0. The van der Waals surface area contributed by atoms with Gasteiger partial charge in [0, 0.05) is 33.8 Å². The van der Waals surface area contributed by atoms with Crippen molar-refractivity contribution in [3.05, 3.63) is 0 Å². The van der Waals surface area contributed by atoms with Crippen LogP contribution in [0.25, 0.3) is 0 Å². The van der Waals surface area contributed by atoms with E-state index in [0.717, 1.165) is 4.90 Å². The normalized spacial score (nSPS) is 22.9. The number of aliphatic carboxylic acids is 1. The Balaban J connectivity index is 2.79. The molecule has 1 atom stereocenters. The first-order valence-corrected chi connectivity index (χ1v) is 5.95. The molecule has 0 aromatic carbocycles. The number of halogens is 3. The molecule has 0 saturated carbocycles. The maximum atomic E-state index is 13.0. The van der Waals surface area contributed by atoms with Crippen LogP contribution >= 0.6 is 0 Å². The first-order valence-electron chi connectivity index (χ1n) is 5.95. The van der Waals surface area contributed by atoms with Crippen molar-refractivity contribution in [2.75, 3.05) is 40.4 Å². The molecule has 1 unspecified atom stereocenters. The van der Waals surface area contributed by atoms with Gasteiger partial charge in [0.25, 0.3) is 0 Å². The van der Waals surface area contributed by atoms with Crippen LogP contribution in [0.5, 0.6) is 0 Å². The summed E-state index contributed by atoms with van der Waals surface area (Å²) in [5.74, 6) is -1.94. The monoisotopic (exact) mass is 298 g/mol. The maximum absolute atomic E-state index is 13.0. The van der Waals surface area contributed by atoms with Crippen LogP contribution in [0.3, 0.4) is 0 Å². The Morgan fingerprint density at radius 3 is 2.45 bits per heavy atom. The van der Waals surface area contributed by atoms with Gasteiger partial charge in [-0.15, -0.1) is 0 Å². The Morgan fingerprint density at radius 2 is 2.05 bits per heavy atom. The molecule has 1 heterocycles. The summed E-state index contributed by atoms with van der Waals surface area (Å²) in [6.07, 6.45) is -5.52. The molecular formula is C11H17F3N2O4. The third-order valence-corrected chi connectivity index (χ3v) is 3.45. The fourth-order valence-electron chi connectivity index (χ4n) is 2.07. The van der Waals surface area contributed by atoms with E-state index in [1.807, 2.05) is 0 Å². The van der Waals surface area contributed by atoms with Crippen molar-refractivity contribution in [1.29, 1.82) is 0 Å². The van der Waals surface area contributed by atoms with Gasteiger partial charge in [0.2, 0.25) is 0 Å². The number of urea groups is 1. The van der Waals surface area contributed by atoms with Gasteiger partial charge in [0.1, 0.15) is 0 Å². The van der Waals surface area contributed by atoms with Gasteiger partial charge in [-0.1, -0.05) is 0 Å². The zero-order valence-corrected chi connectivity index (χ0v) is 11.2. The summed E-state index contributed by atoms with van der Waals surface area (Å²) in [5, 5.41) is 8.89. The second-order valence-corrected chi connectivity index (χ2v) is 4.75. The number of carbonyl (C=O) groups excluding carboxylic acids is 1. The molecule has 0 spiro atoms. The van der Waals surface area contributed by atoms with Gasteiger partial charge in [-0.2, -0.15) is 13.2 Å². The van der Waals surface area contributed by atoms with Crippen LogP contribution in [0, 0.1) is 5.41 Å². The minimum absolute atomic E-state index is 0.220. The van der Waals surface area contributed by atoms with Crippen molar-refractivity contribution < 1.29 is 32.6 Å². The van der Waals surface area contributed by atoms with Gasteiger partial charge in [0.05, 0.1) is 6.61 Å². The molecule has 116 valence electrons. The van der Waals surface area contributed by atoms with Crippen molar-refractivity contribution in [2.24, 2.45) is 5.41 Å². The summed E-state index contributed by atoms with van der Waals surface area (Å²) in [7, 11) is 2.86. The highest BCUT2D eigenvalue weighted by Crippen LogP contribution is 2.45. The van der Waals surface area contributed by atoms with Crippen LogP contribution in [-0.2, 0) is 9.53 Å². The molecule has 9 heteroatoms. The minimum atomic E-state index is -4.89. The Morgan fingerprint density at radius 1 is 1.45 bits per heavy atom. The zero-order chi connectivity index (χ0) is 15.6. The first kappa shape index (κ1) is 16.5. The van der Waals surface area contributed by atoms with Crippen LogP contribution in [0.15, 0.2) is 0 Å². The number of hydrogen-bond donors (Lipinski definition) is 1. The topological polar surface area (TPSA) is 70.1 Å². The van der Waals surface area contributed by atoms with Crippen LogP contribution in [0.1, 0.15) is 6.42 Å². The highest BCUT2D eigenvalue weighted by atomic mass is 19.4. The molecule has 1 fully saturated rings. The lowest BCUT2D eigenvalue weighted by Gasteiger charge is -2.28. The number of carboxylic acids is 1.